The predicted molar refractivity (Wildman–Crippen MR) is 130 cm³/mol. The van der Waals surface area contributed by atoms with Crippen LogP contribution in [0.1, 0.15) is 31.4 Å². The second kappa shape index (κ2) is 8.78. The fourth-order valence-electron chi connectivity index (χ4n) is 4.59. The number of anilines is 2. The number of ether oxygens (including phenoxy) is 1. The van der Waals surface area contributed by atoms with Gasteiger partial charge < -0.3 is 9.64 Å². The molecule has 0 saturated heterocycles. The minimum absolute atomic E-state index is 0.0124. The number of imide groups is 1. The zero-order chi connectivity index (χ0) is 23.8. The maximum atomic E-state index is 13.8. The Kier molecular flexibility index (Phi) is 5.65. The fourth-order valence-corrected chi connectivity index (χ4v) is 4.59. The molecule has 0 spiro atoms. The summed E-state index contributed by atoms with van der Waals surface area (Å²) < 4.78 is 19.4. The number of aryl methyl sites for hydroxylation is 1. The summed E-state index contributed by atoms with van der Waals surface area (Å²) in [5, 5.41) is 0. The molecule has 0 saturated carbocycles. The molecule has 0 unspecified atom stereocenters. The zero-order valence-corrected chi connectivity index (χ0v) is 19.1. The first-order valence-electron chi connectivity index (χ1n) is 11.4. The molecule has 5 nitrogen and oxygen atoms in total. The van der Waals surface area contributed by atoms with Gasteiger partial charge in [0.2, 0.25) is 0 Å². The van der Waals surface area contributed by atoms with Crippen molar-refractivity contribution in [1.29, 1.82) is 0 Å². The molecule has 0 fully saturated rings. The Morgan fingerprint density at radius 1 is 0.882 bits per heavy atom. The molecule has 6 heteroatoms. The molecule has 0 radical (unpaired) electrons. The smallest absolute Gasteiger partial charge is 0.282 e. The highest BCUT2D eigenvalue weighted by Gasteiger charge is 2.43. The van der Waals surface area contributed by atoms with Crippen molar-refractivity contribution in [3.05, 3.63) is 95.4 Å². The molecule has 0 atom stereocenters. The van der Waals surface area contributed by atoms with Gasteiger partial charge in [0.25, 0.3) is 11.8 Å². The molecule has 3 aromatic carbocycles. The first-order valence-corrected chi connectivity index (χ1v) is 11.4. The molecule has 0 aliphatic carbocycles. The van der Waals surface area contributed by atoms with Crippen LogP contribution in [-0.4, -0.2) is 24.5 Å². The summed E-state index contributed by atoms with van der Waals surface area (Å²) in [4.78, 5) is 30.7. The topological polar surface area (TPSA) is 49.9 Å². The van der Waals surface area contributed by atoms with Gasteiger partial charge in [-0.1, -0.05) is 30.3 Å². The van der Waals surface area contributed by atoms with E-state index in [9.17, 15) is 14.0 Å². The molecule has 0 aromatic heterocycles. The quantitative estimate of drug-likeness (QED) is 0.486. The predicted octanol–water partition coefficient (Wildman–Crippen LogP) is 5.35. The molecular weight excluding hydrogens is 431 g/mol. The first kappa shape index (κ1) is 21.9. The van der Waals surface area contributed by atoms with Crippen LogP contribution in [0.2, 0.25) is 0 Å². The highest BCUT2D eigenvalue weighted by Crippen LogP contribution is 2.39. The number of rotatable bonds is 5. The number of fused-ring (bicyclic) bond motifs is 1. The number of halogens is 1. The average Bonchev–Trinajstić information content (AvgIpc) is 3.09. The lowest BCUT2D eigenvalue weighted by Gasteiger charge is -2.32. The van der Waals surface area contributed by atoms with E-state index in [2.05, 4.69) is 0 Å². The number of amides is 2. The lowest BCUT2D eigenvalue weighted by atomic mass is 9.98. The van der Waals surface area contributed by atoms with Crippen molar-refractivity contribution in [2.24, 2.45) is 0 Å². The van der Waals surface area contributed by atoms with Crippen LogP contribution in [0.4, 0.5) is 15.8 Å². The maximum Gasteiger partial charge on any atom is 0.282 e. The largest absolute Gasteiger partial charge is 0.491 e. The van der Waals surface area contributed by atoms with E-state index >= 15 is 0 Å². The Hall–Kier alpha value is -3.93. The lowest BCUT2D eigenvalue weighted by Crippen LogP contribution is -2.37. The summed E-state index contributed by atoms with van der Waals surface area (Å²) in [7, 11) is 0. The number of hydrogen-bond acceptors (Lipinski definition) is 4. The van der Waals surface area contributed by atoms with E-state index in [1.807, 2.05) is 43.0 Å². The lowest BCUT2D eigenvalue weighted by molar-refractivity contribution is -0.120. The summed E-state index contributed by atoms with van der Waals surface area (Å²) in [6.07, 6.45) is 1.79. The second-order valence-corrected chi connectivity index (χ2v) is 8.72. The third-order valence-electron chi connectivity index (χ3n) is 6.04. The molecule has 2 aliphatic heterocycles. The SMILES string of the molecule is CC(C)Oc1ccc(N2C(=O)C(c3ccc(F)cc3)=C(N3CCCc4ccccc43)C2=O)cc1. The molecule has 3 aromatic rings. The third-order valence-corrected chi connectivity index (χ3v) is 6.04. The van der Waals surface area contributed by atoms with Crippen LogP contribution in [0.5, 0.6) is 5.75 Å². The van der Waals surface area contributed by atoms with Crippen LogP contribution < -0.4 is 14.5 Å². The van der Waals surface area contributed by atoms with Gasteiger partial charge in [-0.25, -0.2) is 9.29 Å². The second-order valence-electron chi connectivity index (χ2n) is 8.72. The third kappa shape index (κ3) is 3.85. The van der Waals surface area contributed by atoms with Gasteiger partial charge in [-0.3, -0.25) is 9.59 Å². The van der Waals surface area contributed by atoms with Gasteiger partial charge in [-0.2, -0.15) is 0 Å². The van der Waals surface area contributed by atoms with Crippen LogP contribution in [0.25, 0.3) is 5.57 Å². The Morgan fingerprint density at radius 2 is 1.59 bits per heavy atom. The van der Waals surface area contributed by atoms with Crippen molar-refractivity contribution < 1.29 is 18.7 Å². The van der Waals surface area contributed by atoms with E-state index < -0.39 is 17.6 Å². The Bertz CT molecular complexity index is 1280. The maximum absolute atomic E-state index is 13.8. The molecule has 0 N–H and O–H groups in total. The van der Waals surface area contributed by atoms with Gasteiger partial charge in [0.15, 0.2) is 0 Å². The van der Waals surface area contributed by atoms with Crippen molar-refractivity contribution in [2.75, 3.05) is 16.3 Å². The standard InChI is InChI=1S/C28H25FN2O3/c1-18(2)34-23-15-13-22(14-16-23)31-27(32)25(20-9-11-21(29)12-10-20)26(28(31)33)30-17-5-7-19-6-3-4-8-24(19)30/h3-4,6,8-16,18H,5,7,17H2,1-2H3. The van der Waals surface area contributed by atoms with Crippen LogP contribution >= 0.6 is 0 Å². The number of nitrogens with zero attached hydrogens (tertiary/aromatic N) is 2. The van der Waals surface area contributed by atoms with E-state index in [-0.39, 0.29) is 11.7 Å². The summed E-state index contributed by atoms with van der Waals surface area (Å²) in [5.74, 6) is -0.552. The van der Waals surface area contributed by atoms with Gasteiger partial charge in [0.05, 0.1) is 17.4 Å². The molecule has 2 amide bonds. The van der Waals surface area contributed by atoms with Gasteiger partial charge in [0.1, 0.15) is 17.3 Å². The molecule has 34 heavy (non-hydrogen) atoms. The van der Waals surface area contributed by atoms with Gasteiger partial charge in [-0.05, 0) is 80.3 Å². The van der Waals surface area contributed by atoms with Crippen molar-refractivity contribution in [3.8, 4) is 5.75 Å². The number of benzene rings is 3. The van der Waals surface area contributed by atoms with E-state index in [1.165, 1.54) is 17.0 Å². The molecular formula is C28H25FN2O3. The van der Waals surface area contributed by atoms with E-state index in [0.717, 1.165) is 24.1 Å². The Balaban J connectivity index is 1.61. The Labute approximate surface area is 198 Å². The molecule has 2 heterocycles. The van der Waals surface area contributed by atoms with Crippen molar-refractivity contribution >= 4 is 28.8 Å². The minimum Gasteiger partial charge on any atom is -0.491 e. The monoisotopic (exact) mass is 456 g/mol. The number of carbonyl (C=O) groups is 2. The summed E-state index contributed by atoms with van der Waals surface area (Å²) in [5.41, 5.74) is 3.64. The minimum atomic E-state index is -0.424. The number of para-hydroxylation sites is 1. The normalized spacial score (nSPS) is 15.9. The molecule has 2 aliphatic rings. The molecule has 0 bridgehead atoms. The number of carbonyl (C=O) groups excluding carboxylic acids is 2. The molecule has 5 rings (SSSR count). The van der Waals surface area contributed by atoms with Gasteiger partial charge >= 0.3 is 0 Å². The molecule has 172 valence electrons. The highest BCUT2D eigenvalue weighted by molar-refractivity contribution is 6.46. The van der Waals surface area contributed by atoms with Crippen molar-refractivity contribution in [2.45, 2.75) is 32.8 Å². The van der Waals surface area contributed by atoms with Crippen LogP contribution in [0.15, 0.2) is 78.5 Å². The Morgan fingerprint density at radius 3 is 2.29 bits per heavy atom. The summed E-state index contributed by atoms with van der Waals surface area (Å²) in [6, 6.07) is 20.6. The van der Waals surface area contributed by atoms with Crippen molar-refractivity contribution in [1.82, 2.24) is 0 Å². The fraction of sp³-hybridized carbons (Fsp3) is 0.214. The van der Waals surface area contributed by atoms with E-state index in [4.69, 9.17) is 4.74 Å². The van der Waals surface area contributed by atoms with Gasteiger partial charge in [-0.15, -0.1) is 0 Å². The average molecular weight is 457 g/mol. The van der Waals surface area contributed by atoms with E-state index in [1.54, 1.807) is 36.4 Å². The summed E-state index contributed by atoms with van der Waals surface area (Å²) in [6.45, 7) is 4.48. The van der Waals surface area contributed by atoms with Crippen LogP contribution in [0, 0.1) is 5.82 Å². The number of hydrogen-bond donors (Lipinski definition) is 0. The highest BCUT2D eigenvalue weighted by atomic mass is 19.1. The van der Waals surface area contributed by atoms with Gasteiger partial charge in [0, 0.05) is 12.2 Å². The van der Waals surface area contributed by atoms with E-state index in [0.29, 0.717) is 29.2 Å². The first-order chi connectivity index (χ1) is 16.4. The van der Waals surface area contributed by atoms with Crippen LogP contribution in [-0.2, 0) is 16.0 Å². The zero-order valence-electron chi connectivity index (χ0n) is 19.1. The van der Waals surface area contributed by atoms with Crippen molar-refractivity contribution in [3.63, 3.8) is 0 Å². The summed E-state index contributed by atoms with van der Waals surface area (Å²) >= 11 is 0. The van der Waals surface area contributed by atoms with Crippen LogP contribution in [0.3, 0.4) is 0 Å².